The van der Waals surface area contributed by atoms with Crippen molar-refractivity contribution >= 4 is 26.4 Å². The van der Waals surface area contributed by atoms with Gasteiger partial charge in [-0.05, 0) is 67.5 Å². The van der Waals surface area contributed by atoms with Gasteiger partial charge in [-0.2, -0.15) is 0 Å². The fourth-order valence-corrected chi connectivity index (χ4v) is 6.63. The van der Waals surface area contributed by atoms with Gasteiger partial charge in [0.25, 0.3) is 0 Å². The predicted octanol–water partition coefficient (Wildman–Crippen LogP) is 5.28. The van der Waals surface area contributed by atoms with Crippen LogP contribution in [0.3, 0.4) is 0 Å². The molecule has 5 nitrogen and oxygen atoms in total. The fraction of sp³-hybridized carbons (Fsp3) is 0.276. The van der Waals surface area contributed by atoms with Gasteiger partial charge in [-0.1, -0.05) is 42.5 Å². The molecular weight excluding hydrogens is 475 g/mol. The first kappa shape index (κ1) is 24.3. The number of hydrogen-bond donors (Lipinski definition) is 0. The first-order chi connectivity index (χ1) is 17.2. The average Bonchev–Trinajstić information content (AvgIpc) is 2.87. The molecule has 0 saturated carbocycles. The van der Waals surface area contributed by atoms with E-state index >= 15 is 4.39 Å². The Bertz CT molecular complexity index is 1590. The van der Waals surface area contributed by atoms with Crippen molar-refractivity contribution < 1.29 is 12.8 Å². The molecule has 5 rings (SSSR count). The van der Waals surface area contributed by atoms with Gasteiger partial charge in [-0.3, -0.25) is 4.79 Å². The predicted molar refractivity (Wildman–Crippen MR) is 141 cm³/mol. The van der Waals surface area contributed by atoms with Crippen LogP contribution in [0.1, 0.15) is 24.0 Å². The molecule has 0 aliphatic carbocycles. The maximum Gasteiger partial charge on any atom is 0.211 e. The summed E-state index contributed by atoms with van der Waals surface area (Å²) in [5.41, 5.74) is 2.36. The maximum absolute atomic E-state index is 15.3. The van der Waals surface area contributed by atoms with E-state index in [9.17, 15) is 13.2 Å². The van der Waals surface area contributed by atoms with Crippen molar-refractivity contribution in [3.63, 3.8) is 0 Å². The first-order valence-corrected chi connectivity index (χ1v) is 13.7. The molecular formula is C29H29FN2O3S. The molecule has 1 aromatic heterocycles. The Morgan fingerprint density at radius 2 is 1.69 bits per heavy atom. The smallest absolute Gasteiger partial charge is 0.211 e. The highest BCUT2D eigenvalue weighted by atomic mass is 32.2. The van der Waals surface area contributed by atoms with Crippen LogP contribution in [0.4, 0.5) is 10.1 Å². The molecule has 2 heterocycles. The largest absolute Gasteiger partial charge is 0.369 e. The summed E-state index contributed by atoms with van der Waals surface area (Å²) >= 11 is 0. The summed E-state index contributed by atoms with van der Waals surface area (Å²) in [5.74, 6) is 0.0390. The van der Waals surface area contributed by atoms with E-state index in [1.807, 2.05) is 11.0 Å². The zero-order valence-corrected chi connectivity index (χ0v) is 21.3. The fourth-order valence-electron chi connectivity index (χ4n) is 5.13. The summed E-state index contributed by atoms with van der Waals surface area (Å²) in [6, 6.07) is 19.7. The molecule has 0 N–H and O–H groups in total. The molecule has 1 saturated heterocycles. The maximum atomic E-state index is 15.3. The summed E-state index contributed by atoms with van der Waals surface area (Å²) < 4.78 is 43.4. The molecule has 7 heteroatoms. The Morgan fingerprint density at radius 3 is 2.39 bits per heavy atom. The summed E-state index contributed by atoms with van der Waals surface area (Å²) in [5, 5.41) is 0.0615. The van der Waals surface area contributed by atoms with E-state index in [2.05, 4.69) is 24.3 Å². The number of rotatable bonds is 5. The first-order valence-electron chi connectivity index (χ1n) is 12.2. The minimum atomic E-state index is -4.05. The lowest BCUT2D eigenvalue weighted by atomic mass is 9.90. The number of fused-ring (bicyclic) bond motifs is 1. The number of hydrogen-bond acceptors (Lipinski definition) is 4. The molecule has 1 aliphatic rings. The minimum Gasteiger partial charge on any atom is -0.369 e. The molecule has 0 bridgehead atoms. The molecule has 3 aromatic carbocycles. The van der Waals surface area contributed by atoms with E-state index in [4.69, 9.17) is 0 Å². The molecule has 1 fully saturated rings. The molecule has 4 aromatic rings. The third kappa shape index (κ3) is 4.55. The number of halogens is 1. The number of anilines is 1. The molecule has 0 radical (unpaired) electrons. The van der Waals surface area contributed by atoms with Crippen LogP contribution in [0.15, 0.2) is 87.5 Å². The van der Waals surface area contributed by atoms with Gasteiger partial charge in [0.2, 0.25) is 15.3 Å². The summed E-state index contributed by atoms with van der Waals surface area (Å²) in [6.45, 7) is 3.25. The average molecular weight is 505 g/mol. The summed E-state index contributed by atoms with van der Waals surface area (Å²) in [6.07, 6.45) is 4.27. The lowest BCUT2D eigenvalue weighted by Gasteiger charge is -2.34. The Labute approximate surface area is 210 Å². The van der Waals surface area contributed by atoms with Crippen LogP contribution in [-0.2, 0) is 23.3 Å². The number of piperidine rings is 1. The number of aryl methyl sites for hydroxylation is 2. The number of pyridine rings is 1. The molecule has 0 amide bonds. The Morgan fingerprint density at radius 1 is 0.972 bits per heavy atom. The zero-order chi connectivity index (χ0) is 25.4. The normalized spacial score (nSPS) is 14.9. The topological polar surface area (TPSA) is 59.4 Å². The zero-order valence-electron chi connectivity index (χ0n) is 20.4. The summed E-state index contributed by atoms with van der Waals surface area (Å²) in [4.78, 5) is 15.0. The van der Waals surface area contributed by atoms with E-state index in [1.165, 1.54) is 30.0 Å². The highest BCUT2D eigenvalue weighted by Gasteiger charge is 2.26. The van der Waals surface area contributed by atoms with Crippen LogP contribution in [0.5, 0.6) is 0 Å². The number of aromatic nitrogens is 1. The summed E-state index contributed by atoms with van der Waals surface area (Å²) in [7, 11) is -2.36. The minimum absolute atomic E-state index is 0.0504. The molecule has 0 spiro atoms. The molecule has 36 heavy (non-hydrogen) atoms. The highest BCUT2D eigenvalue weighted by Crippen LogP contribution is 2.31. The van der Waals surface area contributed by atoms with Gasteiger partial charge in [0, 0.05) is 26.3 Å². The van der Waals surface area contributed by atoms with Crippen molar-refractivity contribution in [3.8, 4) is 0 Å². The van der Waals surface area contributed by atoms with Crippen LogP contribution < -0.4 is 10.3 Å². The van der Waals surface area contributed by atoms with Crippen LogP contribution in [0.25, 0.3) is 10.9 Å². The van der Waals surface area contributed by atoms with Gasteiger partial charge in [-0.15, -0.1) is 0 Å². The second-order valence-corrected chi connectivity index (χ2v) is 11.6. The molecule has 0 unspecified atom stereocenters. The van der Waals surface area contributed by atoms with Gasteiger partial charge < -0.3 is 9.47 Å². The van der Waals surface area contributed by atoms with Crippen molar-refractivity contribution in [3.05, 3.63) is 100 Å². The number of benzene rings is 3. The van der Waals surface area contributed by atoms with Crippen LogP contribution in [-0.4, -0.2) is 26.1 Å². The Kier molecular flexibility index (Phi) is 6.43. The highest BCUT2D eigenvalue weighted by molar-refractivity contribution is 7.91. The van der Waals surface area contributed by atoms with Gasteiger partial charge in [0.15, 0.2) is 0 Å². The Balaban J connectivity index is 1.45. The van der Waals surface area contributed by atoms with Gasteiger partial charge in [-0.25, -0.2) is 12.8 Å². The number of nitrogens with zero attached hydrogens (tertiary/aromatic N) is 2. The SMILES string of the molecule is Cc1cccc(S(=O)(=O)c2cn(C)c3cc(N4CCC(Cc5ccccc5)CC4)c(F)cc3c2=O)c1. The van der Waals surface area contributed by atoms with Gasteiger partial charge in [0.05, 0.1) is 21.5 Å². The molecule has 0 atom stereocenters. The van der Waals surface area contributed by atoms with E-state index in [1.54, 1.807) is 36.7 Å². The van der Waals surface area contributed by atoms with Crippen LogP contribution in [0.2, 0.25) is 0 Å². The van der Waals surface area contributed by atoms with E-state index < -0.39 is 21.1 Å². The molecule has 1 aliphatic heterocycles. The third-order valence-electron chi connectivity index (χ3n) is 7.14. The van der Waals surface area contributed by atoms with Gasteiger partial charge >= 0.3 is 0 Å². The van der Waals surface area contributed by atoms with E-state index in [-0.39, 0.29) is 15.2 Å². The van der Waals surface area contributed by atoms with Crippen molar-refractivity contribution in [1.29, 1.82) is 0 Å². The number of sulfone groups is 1. The van der Waals surface area contributed by atoms with Crippen LogP contribution >= 0.6 is 0 Å². The van der Waals surface area contributed by atoms with E-state index in [0.717, 1.165) is 37.9 Å². The monoisotopic (exact) mass is 504 g/mol. The van der Waals surface area contributed by atoms with Crippen LogP contribution in [0, 0.1) is 18.7 Å². The quantitative estimate of drug-likeness (QED) is 0.371. The Hall–Kier alpha value is -3.45. The van der Waals surface area contributed by atoms with Gasteiger partial charge in [0.1, 0.15) is 10.7 Å². The lowest BCUT2D eigenvalue weighted by Crippen LogP contribution is -2.35. The third-order valence-corrected chi connectivity index (χ3v) is 8.88. The second-order valence-electron chi connectivity index (χ2n) is 9.69. The second kappa shape index (κ2) is 9.54. The van der Waals surface area contributed by atoms with Crippen molar-refractivity contribution in [2.24, 2.45) is 13.0 Å². The van der Waals surface area contributed by atoms with E-state index in [0.29, 0.717) is 17.1 Å². The van der Waals surface area contributed by atoms with Crippen molar-refractivity contribution in [1.82, 2.24) is 4.57 Å². The standard InChI is InChI=1S/C29H29FN2O3S/c1-20-7-6-10-23(15-20)36(34,35)28-19-31(2)26-18-27(25(30)17-24(26)29(28)33)32-13-11-22(12-14-32)16-21-8-4-3-5-9-21/h3-10,15,17-19,22H,11-14,16H2,1-2H3. The molecule has 186 valence electrons. The van der Waals surface area contributed by atoms with Crippen molar-refractivity contribution in [2.45, 2.75) is 36.0 Å². The lowest BCUT2D eigenvalue weighted by molar-refractivity contribution is 0.401. The van der Waals surface area contributed by atoms with Crippen molar-refractivity contribution in [2.75, 3.05) is 18.0 Å².